The molecule has 0 spiro atoms. The number of halogens is 1. The van der Waals surface area contributed by atoms with Crippen LogP contribution in [0, 0.1) is 10.1 Å². The van der Waals surface area contributed by atoms with Gasteiger partial charge in [0.25, 0.3) is 5.69 Å². The molecule has 0 aromatic heterocycles. The number of rotatable bonds is 7. The van der Waals surface area contributed by atoms with Crippen molar-refractivity contribution in [1.82, 2.24) is 9.21 Å². The Hall–Kier alpha value is -1.85. The summed E-state index contributed by atoms with van der Waals surface area (Å²) < 4.78 is 28.1. The molecule has 1 saturated heterocycles. The summed E-state index contributed by atoms with van der Waals surface area (Å²) in [5.41, 5.74) is 0.561. The average molecular weight is 484 g/mol. The van der Waals surface area contributed by atoms with Crippen molar-refractivity contribution in [1.29, 1.82) is 0 Å². The van der Waals surface area contributed by atoms with Gasteiger partial charge in [-0.1, -0.05) is 40.2 Å². The molecule has 1 fully saturated rings. The number of benzene rings is 2. The Balaban J connectivity index is 1.87. The molecule has 1 N–H and O–H groups in total. The Morgan fingerprint density at radius 3 is 2.38 bits per heavy atom. The Kier molecular flexibility index (Phi) is 6.39. The van der Waals surface area contributed by atoms with Crippen molar-refractivity contribution in [3.05, 3.63) is 68.7 Å². The monoisotopic (exact) mass is 483 g/mol. The lowest BCUT2D eigenvalue weighted by molar-refractivity contribution is -0.387. The number of likely N-dealkylation sites (tertiary alicyclic amines) is 1. The SMILES string of the molecule is CN1C(CN(C)S(=O)(=O)c2ccccc2[N+](=O)[O-])[C@@H](c2ccc(Br)cc2)[C@H]1CO. The summed E-state index contributed by atoms with van der Waals surface area (Å²) in [5, 5.41) is 21.0. The molecule has 10 heteroatoms. The second-order valence-corrected chi connectivity index (χ2v) is 10.00. The molecule has 0 saturated carbocycles. The molecular weight excluding hydrogens is 462 g/mol. The van der Waals surface area contributed by atoms with Gasteiger partial charge in [0.1, 0.15) is 0 Å². The van der Waals surface area contributed by atoms with Crippen molar-refractivity contribution in [2.45, 2.75) is 22.9 Å². The van der Waals surface area contributed by atoms with Crippen LogP contribution in [0.3, 0.4) is 0 Å². The van der Waals surface area contributed by atoms with E-state index in [0.29, 0.717) is 0 Å². The van der Waals surface area contributed by atoms with Crippen LogP contribution in [0.1, 0.15) is 11.5 Å². The third-order valence-corrected chi connectivity index (χ3v) is 7.91. The number of nitro groups is 1. The van der Waals surface area contributed by atoms with Crippen molar-refractivity contribution < 1.29 is 18.4 Å². The Bertz CT molecular complexity index is 999. The third-order valence-electron chi connectivity index (χ3n) is 5.51. The fraction of sp³-hybridized carbons (Fsp3) is 0.368. The second-order valence-electron chi connectivity index (χ2n) is 7.07. The minimum absolute atomic E-state index is 0.0473. The van der Waals surface area contributed by atoms with Crippen LogP contribution in [0.15, 0.2) is 57.9 Å². The van der Waals surface area contributed by atoms with Crippen LogP contribution in [0.4, 0.5) is 5.69 Å². The Morgan fingerprint density at radius 1 is 1.17 bits per heavy atom. The first kappa shape index (κ1) is 21.8. The predicted molar refractivity (Wildman–Crippen MR) is 112 cm³/mol. The number of nitrogens with zero attached hydrogens (tertiary/aromatic N) is 3. The van der Waals surface area contributed by atoms with E-state index < -0.39 is 20.6 Å². The zero-order valence-corrected chi connectivity index (χ0v) is 18.4. The highest BCUT2D eigenvalue weighted by Gasteiger charge is 2.47. The molecule has 0 radical (unpaired) electrons. The van der Waals surface area contributed by atoms with E-state index in [1.807, 2.05) is 36.2 Å². The number of likely N-dealkylation sites (N-methyl/N-ethyl adjacent to an activating group) is 2. The van der Waals surface area contributed by atoms with Crippen molar-refractivity contribution in [3.8, 4) is 0 Å². The predicted octanol–water partition coefficient (Wildman–Crippen LogP) is 2.44. The Labute approximate surface area is 178 Å². The molecule has 0 aliphatic carbocycles. The quantitative estimate of drug-likeness (QED) is 0.478. The highest BCUT2D eigenvalue weighted by atomic mass is 79.9. The third kappa shape index (κ3) is 4.08. The second kappa shape index (κ2) is 8.49. The van der Waals surface area contributed by atoms with Gasteiger partial charge >= 0.3 is 0 Å². The number of aliphatic hydroxyl groups excluding tert-OH is 1. The van der Waals surface area contributed by atoms with Crippen molar-refractivity contribution in [2.24, 2.45) is 0 Å². The lowest BCUT2D eigenvalue weighted by Gasteiger charge is -2.54. The number of hydrogen-bond donors (Lipinski definition) is 1. The average Bonchev–Trinajstić information content (AvgIpc) is 2.70. The molecular formula is C19H22BrN3O5S. The number of hydrogen-bond acceptors (Lipinski definition) is 6. The summed E-state index contributed by atoms with van der Waals surface area (Å²) in [6.45, 7) is 0.0937. The van der Waals surface area contributed by atoms with Gasteiger partial charge in [-0.15, -0.1) is 0 Å². The lowest BCUT2D eigenvalue weighted by Crippen LogP contribution is -2.65. The van der Waals surface area contributed by atoms with Gasteiger partial charge in [0.15, 0.2) is 4.90 Å². The number of sulfonamides is 1. The first-order chi connectivity index (χ1) is 13.7. The van der Waals surface area contributed by atoms with E-state index in [-0.39, 0.29) is 36.0 Å². The number of aliphatic hydroxyl groups is 1. The molecule has 8 nitrogen and oxygen atoms in total. The van der Waals surface area contributed by atoms with Crippen LogP contribution in [-0.4, -0.2) is 67.0 Å². The molecule has 156 valence electrons. The normalized spacial score (nSPS) is 22.4. The summed E-state index contributed by atoms with van der Waals surface area (Å²) >= 11 is 3.40. The van der Waals surface area contributed by atoms with Crippen molar-refractivity contribution >= 4 is 31.6 Å². The summed E-state index contributed by atoms with van der Waals surface area (Å²) in [7, 11) is -0.790. The lowest BCUT2D eigenvalue weighted by atomic mass is 9.75. The highest BCUT2D eigenvalue weighted by molar-refractivity contribution is 9.10. The largest absolute Gasteiger partial charge is 0.395 e. The zero-order chi connectivity index (χ0) is 21.3. The molecule has 1 heterocycles. The summed E-state index contributed by atoms with van der Waals surface area (Å²) in [6, 6.07) is 12.8. The molecule has 3 rings (SSSR count). The first-order valence-corrected chi connectivity index (χ1v) is 11.2. The van der Waals surface area contributed by atoms with Gasteiger partial charge in [-0.05, 0) is 30.8 Å². The van der Waals surface area contributed by atoms with E-state index in [0.717, 1.165) is 14.3 Å². The highest BCUT2D eigenvalue weighted by Crippen LogP contribution is 2.40. The standard InChI is InChI=1S/C19H22BrN3O5S/c1-21(29(27,28)18-6-4-3-5-15(18)23(25)26)11-16-19(17(12-24)22(16)2)13-7-9-14(20)10-8-13/h3-10,16-17,19,24H,11-12H2,1-2H3/t16?,17-,19-/m1/s1. The molecule has 3 atom stereocenters. The van der Waals surface area contributed by atoms with E-state index in [2.05, 4.69) is 15.9 Å². The van der Waals surface area contributed by atoms with E-state index in [9.17, 15) is 23.6 Å². The minimum atomic E-state index is -4.05. The molecule has 1 aliphatic rings. The van der Waals surface area contributed by atoms with Gasteiger partial charge in [0.2, 0.25) is 10.0 Å². The van der Waals surface area contributed by atoms with Crippen LogP contribution in [-0.2, 0) is 10.0 Å². The van der Waals surface area contributed by atoms with Crippen molar-refractivity contribution in [3.63, 3.8) is 0 Å². The number of para-hydroxylation sites is 1. The van der Waals surface area contributed by atoms with Crippen LogP contribution in [0.5, 0.6) is 0 Å². The molecule has 2 aromatic carbocycles. The molecule has 1 aliphatic heterocycles. The maximum atomic E-state index is 13.0. The van der Waals surface area contributed by atoms with Crippen LogP contribution in [0.2, 0.25) is 0 Å². The summed E-state index contributed by atoms with van der Waals surface area (Å²) in [6.07, 6.45) is 0. The topological polar surface area (TPSA) is 104 Å². The molecule has 2 aromatic rings. The Morgan fingerprint density at radius 2 is 1.79 bits per heavy atom. The summed E-state index contributed by atoms with van der Waals surface area (Å²) in [5.74, 6) is -0.0542. The molecule has 0 amide bonds. The fourth-order valence-electron chi connectivity index (χ4n) is 3.88. The molecule has 0 bridgehead atoms. The maximum absolute atomic E-state index is 13.0. The van der Waals surface area contributed by atoms with Gasteiger partial charge in [-0.2, -0.15) is 4.31 Å². The van der Waals surface area contributed by atoms with E-state index >= 15 is 0 Å². The van der Waals surface area contributed by atoms with Gasteiger partial charge in [-0.3, -0.25) is 15.0 Å². The summed E-state index contributed by atoms with van der Waals surface area (Å²) in [4.78, 5) is 12.2. The van der Waals surface area contributed by atoms with Crippen LogP contribution < -0.4 is 0 Å². The first-order valence-electron chi connectivity index (χ1n) is 8.96. The zero-order valence-electron chi connectivity index (χ0n) is 16.0. The smallest absolute Gasteiger partial charge is 0.289 e. The van der Waals surface area contributed by atoms with Gasteiger partial charge in [0, 0.05) is 42.1 Å². The van der Waals surface area contributed by atoms with Crippen LogP contribution in [0.25, 0.3) is 0 Å². The van der Waals surface area contributed by atoms with E-state index in [1.54, 1.807) is 0 Å². The van der Waals surface area contributed by atoms with Gasteiger partial charge in [-0.25, -0.2) is 8.42 Å². The van der Waals surface area contributed by atoms with Gasteiger partial charge < -0.3 is 5.11 Å². The number of nitro benzene ring substituents is 1. The van der Waals surface area contributed by atoms with E-state index in [1.165, 1.54) is 31.3 Å². The van der Waals surface area contributed by atoms with Crippen molar-refractivity contribution in [2.75, 3.05) is 27.2 Å². The molecule has 1 unspecified atom stereocenters. The maximum Gasteiger partial charge on any atom is 0.289 e. The molecule has 29 heavy (non-hydrogen) atoms. The van der Waals surface area contributed by atoms with E-state index in [4.69, 9.17) is 0 Å². The fourth-order valence-corrected chi connectivity index (χ4v) is 5.48. The van der Waals surface area contributed by atoms with Crippen LogP contribution >= 0.6 is 15.9 Å². The van der Waals surface area contributed by atoms with Gasteiger partial charge in [0.05, 0.1) is 11.5 Å². The minimum Gasteiger partial charge on any atom is -0.395 e.